The molecule has 12 rings (SSSR count). The van der Waals surface area contributed by atoms with Crippen LogP contribution in [0.4, 0.5) is 0 Å². The van der Waals surface area contributed by atoms with E-state index in [4.69, 9.17) is 15.0 Å². The third kappa shape index (κ3) is 4.79. The van der Waals surface area contributed by atoms with Gasteiger partial charge in [0.15, 0.2) is 11.6 Å². The molecule has 4 heterocycles. The van der Waals surface area contributed by atoms with Crippen LogP contribution in [-0.2, 0) is 0 Å². The van der Waals surface area contributed by atoms with Gasteiger partial charge in [-0.05, 0) is 63.5 Å². The van der Waals surface area contributed by atoms with Crippen LogP contribution in [0.25, 0.3) is 114 Å². The third-order valence-electron chi connectivity index (χ3n) is 11.0. The normalized spacial score (nSPS) is 11.9. The van der Waals surface area contributed by atoms with Crippen LogP contribution < -0.4 is 0 Å². The van der Waals surface area contributed by atoms with Gasteiger partial charge in [0.2, 0.25) is 5.95 Å². The molecule has 0 fully saturated rings. The highest BCUT2D eigenvalue weighted by Gasteiger charge is 2.22. The van der Waals surface area contributed by atoms with E-state index in [1.54, 1.807) is 0 Å². The summed E-state index contributed by atoms with van der Waals surface area (Å²) in [5.74, 6) is 1.76. The van der Waals surface area contributed by atoms with Crippen molar-refractivity contribution in [2.75, 3.05) is 0 Å². The van der Waals surface area contributed by atoms with Crippen LogP contribution in [-0.4, -0.2) is 24.5 Å². The molecule has 4 aromatic heterocycles. The number of fused-ring (bicyclic) bond motifs is 10. The SMILES string of the molecule is c1ccc(-c2nc(-c3ccc4cccnc4c3)nc(-n3c4cc5ccccc5cc4c4cccc(-c5ccc6c(c5)sc5ccc7ccccc7c56)c43)n2)cc1. The Kier molecular flexibility index (Phi) is 6.73. The Hall–Kier alpha value is -7.28. The van der Waals surface area contributed by atoms with Crippen molar-refractivity contribution >= 4 is 85.8 Å². The minimum absolute atomic E-state index is 0.562. The van der Waals surface area contributed by atoms with Crippen LogP contribution in [0.1, 0.15) is 0 Å². The maximum absolute atomic E-state index is 5.32. The van der Waals surface area contributed by atoms with E-state index in [2.05, 4.69) is 155 Å². The lowest BCUT2D eigenvalue weighted by molar-refractivity contribution is 0.954. The van der Waals surface area contributed by atoms with E-state index in [1.165, 1.54) is 36.3 Å². The summed E-state index contributed by atoms with van der Waals surface area (Å²) in [4.78, 5) is 20.3. The lowest BCUT2D eigenvalue weighted by atomic mass is 9.99. The monoisotopic (exact) mass is 731 g/mol. The maximum Gasteiger partial charge on any atom is 0.238 e. The molecule has 0 aliphatic rings. The molecule has 0 spiro atoms. The number of para-hydroxylation sites is 1. The van der Waals surface area contributed by atoms with Gasteiger partial charge in [-0.2, -0.15) is 9.97 Å². The highest BCUT2D eigenvalue weighted by Crippen LogP contribution is 2.43. The number of rotatable bonds is 4. The number of hydrogen-bond acceptors (Lipinski definition) is 5. The Labute approximate surface area is 324 Å². The second-order valence-corrected chi connectivity index (χ2v) is 15.4. The standard InChI is InChI=1S/C50H29N5S/c1-2-11-32(12-3-1)48-52-49(36-20-19-31-15-9-25-51-42(31)27-36)54-50(53-48)55-43-28-34-14-5-4-13-33(34)26-41(43)39-18-8-17-38(47(39)55)35-21-23-40-45(29-35)56-44-24-22-30-10-6-7-16-37(30)46(40)44/h1-29H. The molecule has 0 bridgehead atoms. The lowest BCUT2D eigenvalue weighted by Gasteiger charge is -2.13. The summed E-state index contributed by atoms with van der Waals surface area (Å²) in [5, 5.41) is 10.9. The van der Waals surface area contributed by atoms with Crippen LogP contribution >= 0.6 is 11.3 Å². The number of nitrogens with zero attached hydrogens (tertiary/aromatic N) is 5. The van der Waals surface area contributed by atoms with E-state index in [1.807, 2.05) is 41.8 Å². The van der Waals surface area contributed by atoms with Crippen LogP contribution in [0.3, 0.4) is 0 Å². The fraction of sp³-hybridized carbons (Fsp3) is 0. The minimum atomic E-state index is 0.562. The van der Waals surface area contributed by atoms with Crippen LogP contribution in [0.15, 0.2) is 176 Å². The van der Waals surface area contributed by atoms with Gasteiger partial charge in [-0.1, -0.05) is 133 Å². The second-order valence-electron chi connectivity index (χ2n) is 14.3. The molecule has 0 aliphatic heterocycles. The van der Waals surface area contributed by atoms with E-state index in [0.717, 1.165) is 60.3 Å². The number of aromatic nitrogens is 5. The van der Waals surface area contributed by atoms with Crippen molar-refractivity contribution < 1.29 is 0 Å². The molecule has 8 aromatic carbocycles. The predicted octanol–water partition coefficient (Wildman–Crippen LogP) is 13.2. The van der Waals surface area contributed by atoms with E-state index in [-0.39, 0.29) is 0 Å². The van der Waals surface area contributed by atoms with Gasteiger partial charge in [0.05, 0.1) is 16.6 Å². The van der Waals surface area contributed by atoms with Gasteiger partial charge < -0.3 is 0 Å². The zero-order chi connectivity index (χ0) is 36.7. The summed E-state index contributed by atoms with van der Waals surface area (Å²) in [6, 6.07) is 60.3. The molecule has 0 N–H and O–H groups in total. The third-order valence-corrected chi connectivity index (χ3v) is 12.2. The first-order valence-corrected chi connectivity index (χ1v) is 19.5. The van der Waals surface area contributed by atoms with E-state index in [9.17, 15) is 0 Å². The van der Waals surface area contributed by atoms with E-state index in [0.29, 0.717) is 17.6 Å². The van der Waals surface area contributed by atoms with Crippen LogP contribution in [0.2, 0.25) is 0 Å². The summed E-state index contributed by atoms with van der Waals surface area (Å²) in [5.41, 5.74) is 7.05. The first-order chi connectivity index (χ1) is 27.7. The minimum Gasteiger partial charge on any atom is -0.277 e. The fourth-order valence-electron chi connectivity index (χ4n) is 8.42. The van der Waals surface area contributed by atoms with Crippen molar-refractivity contribution in [3.05, 3.63) is 176 Å². The number of pyridine rings is 1. The summed E-state index contributed by atoms with van der Waals surface area (Å²) in [6.45, 7) is 0. The fourth-order valence-corrected chi connectivity index (χ4v) is 9.58. The molecule has 0 aliphatic carbocycles. The summed E-state index contributed by atoms with van der Waals surface area (Å²) in [7, 11) is 0. The van der Waals surface area contributed by atoms with Crippen molar-refractivity contribution in [2.45, 2.75) is 0 Å². The lowest BCUT2D eigenvalue weighted by Crippen LogP contribution is -2.07. The molecular formula is C50H29N5S. The number of benzene rings is 8. The Morgan fingerprint density at radius 1 is 0.429 bits per heavy atom. The summed E-state index contributed by atoms with van der Waals surface area (Å²) >= 11 is 1.85. The average molecular weight is 732 g/mol. The van der Waals surface area contributed by atoms with Crippen molar-refractivity contribution in [3.63, 3.8) is 0 Å². The highest BCUT2D eigenvalue weighted by molar-refractivity contribution is 7.26. The smallest absolute Gasteiger partial charge is 0.238 e. The van der Waals surface area contributed by atoms with Gasteiger partial charge in [0, 0.05) is 59.2 Å². The number of thiophene rings is 1. The molecule has 0 saturated carbocycles. The highest BCUT2D eigenvalue weighted by atomic mass is 32.1. The average Bonchev–Trinajstić information content (AvgIpc) is 3.81. The van der Waals surface area contributed by atoms with E-state index >= 15 is 0 Å². The molecule has 0 unspecified atom stereocenters. The zero-order valence-electron chi connectivity index (χ0n) is 29.9. The van der Waals surface area contributed by atoms with Crippen molar-refractivity contribution in [2.24, 2.45) is 0 Å². The molecule has 6 heteroatoms. The molecule has 5 nitrogen and oxygen atoms in total. The second kappa shape index (κ2) is 12.1. The Morgan fingerprint density at radius 2 is 1.16 bits per heavy atom. The Bertz CT molecular complexity index is 3550. The number of hydrogen-bond donors (Lipinski definition) is 0. The molecule has 56 heavy (non-hydrogen) atoms. The largest absolute Gasteiger partial charge is 0.277 e. The van der Waals surface area contributed by atoms with Gasteiger partial charge in [0.1, 0.15) is 0 Å². The first kappa shape index (κ1) is 31.1. The predicted molar refractivity (Wildman–Crippen MR) is 234 cm³/mol. The van der Waals surface area contributed by atoms with Gasteiger partial charge in [-0.15, -0.1) is 11.3 Å². The zero-order valence-corrected chi connectivity index (χ0v) is 30.7. The van der Waals surface area contributed by atoms with Crippen LogP contribution in [0.5, 0.6) is 0 Å². The van der Waals surface area contributed by atoms with Crippen molar-refractivity contribution in [3.8, 4) is 39.9 Å². The molecule has 0 atom stereocenters. The molecule has 260 valence electrons. The first-order valence-electron chi connectivity index (χ1n) is 18.7. The molecule has 0 radical (unpaired) electrons. The van der Waals surface area contributed by atoms with Crippen molar-refractivity contribution in [1.82, 2.24) is 24.5 Å². The Balaban J connectivity index is 1.16. The summed E-state index contributed by atoms with van der Waals surface area (Å²) in [6.07, 6.45) is 1.82. The van der Waals surface area contributed by atoms with Gasteiger partial charge in [-0.25, -0.2) is 4.98 Å². The molecule has 0 saturated heterocycles. The molecule has 12 aromatic rings. The topological polar surface area (TPSA) is 56.5 Å². The Morgan fingerprint density at radius 3 is 2.05 bits per heavy atom. The quantitative estimate of drug-likeness (QED) is 0.181. The maximum atomic E-state index is 5.32. The molecule has 0 amide bonds. The van der Waals surface area contributed by atoms with Gasteiger partial charge >= 0.3 is 0 Å². The van der Waals surface area contributed by atoms with Crippen LogP contribution in [0, 0.1) is 0 Å². The molecular weight excluding hydrogens is 703 g/mol. The van der Waals surface area contributed by atoms with Gasteiger partial charge in [0.25, 0.3) is 0 Å². The van der Waals surface area contributed by atoms with Gasteiger partial charge in [-0.3, -0.25) is 9.55 Å². The summed E-state index contributed by atoms with van der Waals surface area (Å²) < 4.78 is 4.81. The van der Waals surface area contributed by atoms with Crippen molar-refractivity contribution in [1.29, 1.82) is 0 Å². The van der Waals surface area contributed by atoms with E-state index < -0.39 is 0 Å².